The lowest BCUT2D eigenvalue weighted by Gasteiger charge is -2.09. The van der Waals surface area contributed by atoms with Crippen LogP contribution in [0.15, 0.2) is 6.07 Å². The summed E-state index contributed by atoms with van der Waals surface area (Å²) >= 11 is 0. The van der Waals surface area contributed by atoms with Crippen LogP contribution in [0, 0.1) is 6.92 Å². The van der Waals surface area contributed by atoms with Crippen molar-refractivity contribution in [2.75, 3.05) is 18.5 Å². The smallest absolute Gasteiger partial charge is 0.218 e. The second-order valence-corrected chi connectivity index (χ2v) is 4.47. The van der Waals surface area contributed by atoms with Crippen molar-refractivity contribution in [3.63, 3.8) is 0 Å². The average Bonchev–Trinajstić information content (AvgIpc) is 2.35. The zero-order valence-electron chi connectivity index (χ0n) is 11.8. The highest BCUT2D eigenvalue weighted by molar-refractivity contribution is 5.38. The molecule has 0 saturated carbocycles. The molecule has 0 radical (unpaired) electrons. The Labute approximate surface area is 110 Å². The van der Waals surface area contributed by atoms with Gasteiger partial charge in [-0.25, -0.2) is 4.98 Å². The van der Waals surface area contributed by atoms with Crippen molar-refractivity contribution in [3.8, 4) is 5.88 Å². The van der Waals surface area contributed by atoms with Gasteiger partial charge in [-0.15, -0.1) is 0 Å². The van der Waals surface area contributed by atoms with E-state index < -0.39 is 0 Å². The first-order chi connectivity index (χ1) is 8.76. The third-order valence-electron chi connectivity index (χ3n) is 2.62. The van der Waals surface area contributed by atoms with E-state index in [0.29, 0.717) is 5.88 Å². The molecule has 4 nitrogen and oxygen atoms in total. The highest BCUT2D eigenvalue weighted by Crippen LogP contribution is 2.14. The Morgan fingerprint density at radius 1 is 1.11 bits per heavy atom. The molecule has 0 spiro atoms. The number of aromatic nitrogens is 2. The zero-order valence-corrected chi connectivity index (χ0v) is 11.8. The molecule has 0 amide bonds. The van der Waals surface area contributed by atoms with Gasteiger partial charge in [0.25, 0.3) is 0 Å². The van der Waals surface area contributed by atoms with Crippen molar-refractivity contribution in [3.05, 3.63) is 11.9 Å². The van der Waals surface area contributed by atoms with E-state index in [2.05, 4.69) is 29.1 Å². The van der Waals surface area contributed by atoms with Crippen LogP contribution in [0.4, 0.5) is 5.82 Å². The number of hydrogen-bond acceptors (Lipinski definition) is 4. The van der Waals surface area contributed by atoms with E-state index in [1.165, 1.54) is 19.3 Å². The van der Waals surface area contributed by atoms with Gasteiger partial charge in [0.15, 0.2) is 0 Å². The van der Waals surface area contributed by atoms with Crippen LogP contribution in [0.3, 0.4) is 0 Å². The molecular formula is C14H25N3O. The number of rotatable bonds is 9. The minimum atomic E-state index is 0.678. The Morgan fingerprint density at radius 2 is 1.94 bits per heavy atom. The van der Waals surface area contributed by atoms with Gasteiger partial charge in [0, 0.05) is 12.6 Å². The summed E-state index contributed by atoms with van der Waals surface area (Å²) in [5.74, 6) is 2.28. The predicted molar refractivity (Wildman–Crippen MR) is 75.2 cm³/mol. The van der Waals surface area contributed by atoms with E-state index >= 15 is 0 Å². The second kappa shape index (κ2) is 8.72. The molecular weight excluding hydrogens is 226 g/mol. The van der Waals surface area contributed by atoms with Gasteiger partial charge in [-0.2, -0.15) is 4.98 Å². The fraction of sp³-hybridized carbons (Fsp3) is 0.714. The molecule has 0 aliphatic carbocycles. The molecule has 18 heavy (non-hydrogen) atoms. The summed E-state index contributed by atoms with van der Waals surface area (Å²) in [7, 11) is 0. The van der Waals surface area contributed by atoms with Crippen molar-refractivity contribution >= 4 is 5.82 Å². The lowest BCUT2D eigenvalue weighted by atomic mass is 10.2. The third kappa shape index (κ3) is 5.84. The minimum Gasteiger partial charge on any atom is -0.478 e. The number of hydrogen-bond donors (Lipinski definition) is 1. The van der Waals surface area contributed by atoms with E-state index in [-0.39, 0.29) is 0 Å². The van der Waals surface area contributed by atoms with Gasteiger partial charge in [0.2, 0.25) is 5.88 Å². The van der Waals surface area contributed by atoms with Crippen molar-refractivity contribution in [2.45, 2.75) is 52.9 Å². The summed E-state index contributed by atoms with van der Waals surface area (Å²) in [6, 6.07) is 1.88. The predicted octanol–water partition coefficient (Wildman–Crippen LogP) is 3.57. The first-order valence-corrected chi connectivity index (χ1v) is 6.98. The van der Waals surface area contributed by atoms with Crippen LogP contribution in [0.25, 0.3) is 0 Å². The van der Waals surface area contributed by atoms with Gasteiger partial charge in [-0.05, 0) is 19.8 Å². The zero-order chi connectivity index (χ0) is 13.2. The average molecular weight is 251 g/mol. The molecule has 4 heteroatoms. The summed E-state index contributed by atoms with van der Waals surface area (Å²) in [6.07, 6.45) is 5.92. The Bertz CT molecular complexity index is 342. The summed E-state index contributed by atoms with van der Waals surface area (Å²) in [4.78, 5) is 8.61. The number of nitrogens with one attached hydrogen (secondary N) is 1. The largest absolute Gasteiger partial charge is 0.478 e. The van der Waals surface area contributed by atoms with Gasteiger partial charge in [0.1, 0.15) is 11.6 Å². The number of anilines is 1. The summed E-state index contributed by atoms with van der Waals surface area (Å²) < 4.78 is 5.66. The molecule has 1 rings (SSSR count). The topological polar surface area (TPSA) is 47.0 Å². The van der Waals surface area contributed by atoms with Crippen molar-refractivity contribution in [1.29, 1.82) is 0 Å². The number of unbranched alkanes of at least 4 members (excludes halogenated alkanes) is 3. The Morgan fingerprint density at radius 3 is 2.67 bits per heavy atom. The van der Waals surface area contributed by atoms with Crippen LogP contribution in [-0.4, -0.2) is 23.1 Å². The standard InChI is InChI=1S/C14H25N3O/c1-4-6-7-8-10-18-14-11-13(15-9-5-2)16-12(3)17-14/h11H,4-10H2,1-3H3,(H,15,16,17). The van der Waals surface area contributed by atoms with E-state index in [9.17, 15) is 0 Å². The maximum Gasteiger partial charge on any atom is 0.218 e. The van der Waals surface area contributed by atoms with Crippen molar-refractivity contribution < 1.29 is 4.74 Å². The van der Waals surface area contributed by atoms with E-state index in [1.807, 2.05) is 13.0 Å². The highest BCUT2D eigenvalue weighted by Gasteiger charge is 2.02. The molecule has 0 unspecified atom stereocenters. The summed E-state index contributed by atoms with van der Waals surface area (Å²) in [5.41, 5.74) is 0. The monoisotopic (exact) mass is 251 g/mol. The first-order valence-electron chi connectivity index (χ1n) is 6.98. The lowest BCUT2D eigenvalue weighted by Crippen LogP contribution is -2.06. The highest BCUT2D eigenvalue weighted by atomic mass is 16.5. The van der Waals surface area contributed by atoms with Crippen molar-refractivity contribution in [2.24, 2.45) is 0 Å². The molecule has 0 fully saturated rings. The Kier molecular flexibility index (Phi) is 7.14. The van der Waals surface area contributed by atoms with Crippen molar-refractivity contribution in [1.82, 2.24) is 9.97 Å². The molecule has 0 bridgehead atoms. The van der Waals surface area contributed by atoms with Crippen LogP contribution in [0.5, 0.6) is 5.88 Å². The maximum atomic E-state index is 5.66. The molecule has 0 atom stereocenters. The summed E-state index contributed by atoms with van der Waals surface area (Å²) in [6.45, 7) is 7.89. The van der Waals surface area contributed by atoms with Crippen LogP contribution >= 0.6 is 0 Å². The molecule has 1 N–H and O–H groups in total. The second-order valence-electron chi connectivity index (χ2n) is 4.47. The van der Waals surface area contributed by atoms with E-state index in [4.69, 9.17) is 4.74 Å². The van der Waals surface area contributed by atoms with Crippen LogP contribution in [-0.2, 0) is 0 Å². The molecule has 0 aromatic carbocycles. The molecule has 0 aliphatic heterocycles. The van der Waals surface area contributed by atoms with E-state index in [0.717, 1.165) is 37.6 Å². The maximum absolute atomic E-state index is 5.66. The Hall–Kier alpha value is -1.32. The molecule has 1 heterocycles. The molecule has 0 aliphatic rings. The van der Waals surface area contributed by atoms with Gasteiger partial charge >= 0.3 is 0 Å². The van der Waals surface area contributed by atoms with Crippen LogP contribution < -0.4 is 10.1 Å². The SMILES string of the molecule is CCCCCCOc1cc(NCCC)nc(C)n1. The molecule has 0 saturated heterocycles. The van der Waals surface area contributed by atoms with Gasteiger partial charge < -0.3 is 10.1 Å². The normalized spacial score (nSPS) is 10.4. The van der Waals surface area contributed by atoms with Gasteiger partial charge in [-0.1, -0.05) is 33.1 Å². The fourth-order valence-electron chi connectivity index (χ4n) is 1.66. The van der Waals surface area contributed by atoms with Gasteiger partial charge in [-0.3, -0.25) is 0 Å². The molecule has 1 aromatic heterocycles. The van der Waals surface area contributed by atoms with Gasteiger partial charge in [0.05, 0.1) is 6.61 Å². The quantitative estimate of drug-likeness (QED) is 0.682. The Balaban J connectivity index is 2.41. The number of ether oxygens (including phenoxy) is 1. The number of nitrogens with zero attached hydrogens (tertiary/aromatic N) is 2. The molecule has 102 valence electrons. The van der Waals surface area contributed by atoms with Crippen LogP contribution in [0.1, 0.15) is 51.8 Å². The fourth-order valence-corrected chi connectivity index (χ4v) is 1.66. The number of aryl methyl sites for hydroxylation is 1. The summed E-state index contributed by atoms with van der Waals surface area (Å²) in [5, 5.41) is 3.26. The lowest BCUT2D eigenvalue weighted by molar-refractivity contribution is 0.293. The van der Waals surface area contributed by atoms with E-state index in [1.54, 1.807) is 0 Å². The van der Waals surface area contributed by atoms with Crippen LogP contribution in [0.2, 0.25) is 0 Å². The third-order valence-corrected chi connectivity index (χ3v) is 2.62. The first kappa shape index (κ1) is 14.7. The molecule has 1 aromatic rings. The minimum absolute atomic E-state index is 0.678.